The third kappa shape index (κ3) is 3.40. The van der Waals surface area contributed by atoms with Crippen LogP contribution in [0, 0.1) is 0 Å². The number of anilines is 3. The summed E-state index contributed by atoms with van der Waals surface area (Å²) in [5.74, 6) is 0.871. The summed E-state index contributed by atoms with van der Waals surface area (Å²) in [4.78, 5) is 19.8. The van der Waals surface area contributed by atoms with Gasteiger partial charge in [-0.25, -0.2) is 4.98 Å². The molecule has 2 aromatic rings. The van der Waals surface area contributed by atoms with Gasteiger partial charge in [-0.15, -0.1) is 0 Å². The number of hydrogen-bond acceptors (Lipinski definition) is 6. The Balaban J connectivity index is 2.31. The second-order valence-corrected chi connectivity index (χ2v) is 4.56. The summed E-state index contributed by atoms with van der Waals surface area (Å²) in [7, 11) is 8.31. The highest BCUT2D eigenvalue weighted by Crippen LogP contribution is 2.28. The largest absolute Gasteiger partial charge is 0.495 e. The van der Waals surface area contributed by atoms with E-state index >= 15 is 0 Å². The van der Waals surface area contributed by atoms with Gasteiger partial charge in [0.25, 0.3) is 0 Å². The lowest BCUT2D eigenvalue weighted by molar-refractivity contribution is 0.0981. The van der Waals surface area contributed by atoms with Gasteiger partial charge >= 0.3 is 0 Å². The van der Waals surface area contributed by atoms with Gasteiger partial charge in [-0.1, -0.05) is 11.6 Å². The maximum absolute atomic E-state index is 11.5. The van der Waals surface area contributed by atoms with Crippen LogP contribution in [-0.4, -0.2) is 38.0 Å². The third-order valence-electron chi connectivity index (χ3n) is 2.82. The first-order valence-electron chi connectivity index (χ1n) is 6.25. The molecular formula is C13H13BClN5O2. The highest BCUT2D eigenvalue weighted by Gasteiger charge is 2.11. The molecule has 1 heterocycles. The number of hydrogen-bond donors (Lipinski definition) is 3. The SMILES string of the molecule is [B]NC(=O)c1ccc(Nc2ncc(Cl)c(NC)n2)c(OC)c1. The van der Waals surface area contributed by atoms with E-state index in [0.29, 0.717) is 33.8 Å². The summed E-state index contributed by atoms with van der Waals surface area (Å²) >= 11 is 5.93. The highest BCUT2D eigenvalue weighted by molar-refractivity contribution is 6.32. The van der Waals surface area contributed by atoms with E-state index in [1.807, 2.05) is 0 Å². The van der Waals surface area contributed by atoms with Crippen LogP contribution in [0.4, 0.5) is 17.5 Å². The monoisotopic (exact) mass is 317 g/mol. The molecule has 1 amide bonds. The first kappa shape index (κ1) is 15.9. The Morgan fingerprint density at radius 3 is 2.82 bits per heavy atom. The predicted octanol–water partition coefficient (Wildman–Crippen LogP) is 1.74. The maximum atomic E-state index is 11.5. The number of nitrogens with one attached hydrogen (secondary N) is 3. The molecule has 0 saturated carbocycles. The molecule has 2 rings (SSSR count). The van der Waals surface area contributed by atoms with Crippen molar-refractivity contribution in [3.8, 4) is 5.75 Å². The van der Waals surface area contributed by atoms with Crippen molar-refractivity contribution in [3.63, 3.8) is 0 Å². The third-order valence-corrected chi connectivity index (χ3v) is 3.10. The molecule has 0 saturated heterocycles. The highest BCUT2D eigenvalue weighted by atomic mass is 35.5. The maximum Gasteiger partial charge on any atom is 0.238 e. The van der Waals surface area contributed by atoms with Gasteiger partial charge in [0.2, 0.25) is 19.8 Å². The molecule has 0 fully saturated rings. The van der Waals surface area contributed by atoms with Crippen LogP contribution in [0.15, 0.2) is 24.4 Å². The fourth-order valence-corrected chi connectivity index (χ4v) is 1.93. The number of aromatic nitrogens is 2. The molecule has 0 aliphatic rings. The number of benzene rings is 1. The molecule has 0 unspecified atom stereocenters. The van der Waals surface area contributed by atoms with Gasteiger partial charge in [-0.2, -0.15) is 4.98 Å². The molecule has 9 heteroatoms. The van der Waals surface area contributed by atoms with E-state index < -0.39 is 5.91 Å². The first-order chi connectivity index (χ1) is 10.6. The number of carbonyl (C=O) groups excluding carboxylic acids is 1. The molecular weight excluding hydrogens is 304 g/mol. The summed E-state index contributed by atoms with van der Waals surface area (Å²) in [5, 5.41) is 8.33. The molecule has 1 aromatic carbocycles. The lowest BCUT2D eigenvalue weighted by atomic mass is 10.1. The first-order valence-corrected chi connectivity index (χ1v) is 6.63. The molecule has 0 aliphatic carbocycles. The zero-order valence-corrected chi connectivity index (χ0v) is 12.7. The van der Waals surface area contributed by atoms with E-state index in [1.54, 1.807) is 25.2 Å². The summed E-state index contributed by atoms with van der Waals surface area (Å²) in [6, 6.07) is 4.82. The molecule has 1 aromatic heterocycles. The molecule has 0 bridgehead atoms. The van der Waals surface area contributed by atoms with Crippen molar-refractivity contribution in [2.75, 3.05) is 24.8 Å². The van der Waals surface area contributed by atoms with Crippen LogP contribution < -0.4 is 20.6 Å². The predicted molar refractivity (Wildman–Crippen MR) is 86.1 cm³/mol. The fourth-order valence-electron chi connectivity index (χ4n) is 1.74. The second kappa shape index (κ2) is 6.99. The van der Waals surface area contributed by atoms with Crippen molar-refractivity contribution < 1.29 is 9.53 Å². The van der Waals surface area contributed by atoms with Crippen LogP contribution in [0.25, 0.3) is 0 Å². The molecule has 112 valence electrons. The van der Waals surface area contributed by atoms with Crippen LogP contribution in [0.3, 0.4) is 0 Å². The van der Waals surface area contributed by atoms with Gasteiger partial charge in [0.15, 0.2) is 0 Å². The van der Waals surface area contributed by atoms with E-state index in [0.717, 1.165) is 0 Å². The number of nitrogens with zero attached hydrogens (tertiary/aromatic N) is 2. The Kier molecular flexibility index (Phi) is 5.06. The van der Waals surface area contributed by atoms with Gasteiger partial charge in [-0.05, 0) is 18.2 Å². The molecule has 3 N–H and O–H groups in total. The average Bonchev–Trinajstić information content (AvgIpc) is 2.56. The van der Waals surface area contributed by atoms with Gasteiger partial charge in [0.1, 0.15) is 16.6 Å². The second-order valence-electron chi connectivity index (χ2n) is 4.15. The minimum Gasteiger partial charge on any atom is -0.495 e. The Hall–Kier alpha value is -2.48. The van der Waals surface area contributed by atoms with E-state index in [1.165, 1.54) is 13.3 Å². The average molecular weight is 318 g/mol. The van der Waals surface area contributed by atoms with Gasteiger partial charge in [-0.3, -0.25) is 4.79 Å². The molecule has 0 aliphatic heterocycles. The lowest BCUT2D eigenvalue weighted by Gasteiger charge is -2.12. The van der Waals surface area contributed by atoms with Gasteiger partial charge in [0.05, 0.1) is 19.0 Å². The van der Waals surface area contributed by atoms with Crippen molar-refractivity contribution >= 4 is 42.9 Å². The van der Waals surface area contributed by atoms with Crippen molar-refractivity contribution in [2.45, 2.75) is 0 Å². The van der Waals surface area contributed by atoms with Gasteiger partial charge in [0, 0.05) is 12.6 Å². The molecule has 0 spiro atoms. The van der Waals surface area contributed by atoms with E-state index in [-0.39, 0.29) is 0 Å². The minimum absolute atomic E-state index is 0.336. The Morgan fingerprint density at radius 1 is 1.41 bits per heavy atom. The number of carbonyl (C=O) groups is 1. The van der Waals surface area contributed by atoms with Crippen LogP contribution in [0.1, 0.15) is 10.4 Å². The Morgan fingerprint density at radius 2 is 2.18 bits per heavy atom. The van der Waals surface area contributed by atoms with E-state index in [4.69, 9.17) is 24.3 Å². The van der Waals surface area contributed by atoms with Crippen molar-refractivity contribution in [3.05, 3.63) is 35.0 Å². The van der Waals surface area contributed by atoms with Gasteiger partial charge < -0.3 is 20.6 Å². The molecule has 7 nitrogen and oxygen atoms in total. The Bertz CT molecular complexity index is 698. The number of amides is 1. The van der Waals surface area contributed by atoms with E-state index in [9.17, 15) is 4.79 Å². The quantitative estimate of drug-likeness (QED) is 0.728. The standard InChI is InChI=1S/C13H13BClN5O2/c1-16-11-8(15)6-17-13(19-11)18-9-4-3-7(12(21)20-14)5-10(9)22-2/h3-6H,1-2H3,(H,20,21)(H2,16,17,18,19). The molecule has 0 atom stereocenters. The Labute approximate surface area is 133 Å². The number of methoxy groups -OCH3 is 1. The molecule has 2 radical (unpaired) electrons. The summed E-state index contributed by atoms with van der Waals surface area (Å²) in [6.07, 6.45) is 1.48. The van der Waals surface area contributed by atoms with Crippen molar-refractivity contribution in [2.24, 2.45) is 0 Å². The minimum atomic E-state index is -0.412. The summed E-state index contributed by atoms with van der Waals surface area (Å²) in [6.45, 7) is 0. The smallest absolute Gasteiger partial charge is 0.238 e. The summed E-state index contributed by atoms with van der Waals surface area (Å²) in [5.41, 5.74) is 0.971. The lowest BCUT2D eigenvalue weighted by Crippen LogP contribution is -2.19. The topological polar surface area (TPSA) is 88.2 Å². The van der Waals surface area contributed by atoms with Crippen LogP contribution in [0.5, 0.6) is 5.75 Å². The zero-order chi connectivity index (χ0) is 16.1. The van der Waals surface area contributed by atoms with Crippen molar-refractivity contribution in [1.29, 1.82) is 0 Å². The van der Waals surface area contributed by atoms with Crippen LogP contribution >= 0.6 is 11.6 Å². The zero-order valence-electron chi connectivity index (χ0n) is 12.0. The van der Waals surface area contributed by atoms with Crippen LogP contribution in [0.2, 0.25) is 5.02 Å². The fraction of sp³-hybridized carbons (Fsp3) is 0.154. The summed E-state index contributed by atoms with van der Waals surface area (Å²) < 4.78 is 5.25. The van der Waals surface area contributed by atoms with E-state index in [2.05, 4.69) is 25.8 Å². The number of halogens is 1. The molecule has 22 heavy (non-hydrogen) atoms. The normalized spacial score (nSPS) is 9.95. The van der Waals surface area contributed by atoms with Crippen molar-refractivity contribution in [1.82, 2.24) is 15.2 Å². The van der Waals surface area contributed by atoms with Crippen LogP contribution in [-0.2, 0) is 0 Å². The number of rotatable bonds is 5. The number of ether oxygens (including phenoxy) is 1.